The quantitative estimate of drug-likeness (QED) is 0.733. The summed E-state index contributed by atoms with van der Waals surface area (Å²) >= 11 is 11.7. The van der Waals surface area contributed by atoms with E-state index in [1.165, 1.54) is 0 Å². The highest BCUT2D eigenvalue weighted by molar-refractivity contribution is 7.92. The van der Waals surface area contributed by atoms with Gasteiger partial charge in [0.05, 0.1) is 11.5 Å². The molecular weight excluding hydrogens is 359 g/mol. The number of hydrogen-bond acceptors (Lipinski definition) is 5. The lowest BCUT2D eigenvalue weighted by atomic mass is 10.2. The Morgan fingerprint density at radius 2 is 2.00 bits per heavy atom. The second kappa shape index (κ2) is 8.53. The number of rotatable bonds is 7. The molecule has 1 saturated heterocycles. The highest BCUT2D eigenvalue weighted by Gasteiger charge is 2.30. The van der Waals surface area contributed by atoms with E-state index in [0.717, 1.165) is 11.3 Å². The highest BCUT2D eigenvalue weighted by Crippen LogP contribution is 2.27. The molecule has 0 aromatic heterocycles. The van der Waals surface area contributed by atoms with Crippen LogP contribution in [0.2, 0.25) is 0 Å². The highest BCUT2D eigenvalue weighted by atomic mass is 35.5. The molecule has 1 aliphatic rings. The number of sulfone groups is 1. The summed E-state index contributed by atoms with van der Waals surface area (Å²) in [5, 5.41) is 3.05. The third-order valence-electron chi connectivity index (χ3n) is 3.80. The number of ether oxygens (including phenoxy) is 1. The minimum atomic E-state index is -3.54. The van der Waals surface area contributed by atoms with Crippen molar-refractivity contribution >= 4 is 38.7 Å². The van der Waals surface area contributed by atoms with Gasteiger partial charge in [0.2, 0.25) is 9.84 Å². The molecule has 5 nitrogen and oxygen atoms in total. The van der Waals surface area contributed by atoms with Crippen LogP contribution in [0.5, 0.6) is 0 Å². The SMILES string of the molecule is Cc1ccc(S(=O)(=O)C2CNCCO2)cc1N(CCCl)CCCl. The largest absolute Gasteiger partial charge is 0.369 e. The van der Waals surface area contributed by atoms with Crippen LogP contribution in [0.25, 0.3) is 0 Å². The molecule has 1 heterocycles. The number of anilines is 1. The number of alkyl halides is 2. The van der Waals surface area contributed by atoms with E-state index in [0.29, 0.717) is 44.5 Å². The number of nitrogens with one attached hydrogen (secondary N) is 1. The maximum absolute atomic E-state index is 12.8. The molecule has 1 aromatic rings. The molecule has 23 heavy (non-hydrogen) atoms. The number of hydrogen-bond donors (Lipinski definition) is 1. The van der Waals surface area contributed by atoms with Gasteiger partial charge in [0, 0.05) is 43.6 Å². The Kier molecular flexibility index (Phi) is 6.98. The Morgan fingerprint density at radius 1 is 1.30 bits per heavy atom. The zero-order valence-electron chi connectivity index (χ0n) is 13.1. The van der Waals surface area contributed by atoms with E-state index in [1.54, 1.807) is 12.1 Å². The van der Waals surface area contributed by atoms with Gasteiger partial charge in [-0.3, -0.25) is 0 Å². The van der Waals surface area contributed by atoms with Crippen LogP contribution in [0.3, 0.4) is 0 Å². The number of nitrogens with zero attached hydrogens (tertiary/aromatic N) is 1. The van der Waals surface area contributed by atoms with Crippen molar-refractivity contribution in [2.45, 2.75) is 17.3 Å². The van der Waals surface area contributed by atoms with Crippen molar-refractivity contribution < 1.29 is 13.2 Å². The molecule has 0 amide bonds. The predicted molar refractivity (Wildman–Crippen MR) is 94.6 cm³/mol. The topological polar surface area (TPSA) is 58.6 Å². The van der Waals surface area contributed by atoms with Crippen LogP contribution in [-0.2, 0) is 14.6 Å². The zero-order chi connectivity index (χ0) is 16.9. The van der Waals surface area contributed by atoms with E-state index < -0.39 is 15.3 Å². The monoisotopic (exact) mass is 380 g/mol. The summed E-state index contributed by atoms with van der Waals surface area (Å²) in [7, 11) is -3.54. The van der Waals surface area contributed by atoms with Crippen molar-refractivity contribution in [2.75, 3.05) is 49.4 Å². The summed E-state index contributed by atoms with van der Waals surface area (Å²) in [6, 6.07) is 5.14. The summed E-state index contributed by atoms with van der Waals surface area (Å²) in [6.45, 7) is 4.54. The smallest absolute Gasteiger partial charge is 0.206 e. The van der Waals surface area contributed by atoms with Gasteiger partial charge in [0.25, 0.3) is 0 Å². The van der Waals surface area contributed by atoms with E-state index in [2.05, 4.69) is 5.32 Å². The molecule has 0 spiro atoms. The predicted octanol–water partition coefficient (Wildman–Crippen LogP) is 2.00. The first kappa shape index (κ1) is 18.8. The average Bonchev–Trinajstić information content (AvgIpc) is 2.56. The molecule has 1 fully saturated rings. The van der Waals surface area contributed by atoms with E-state index >= 15 is 0 Å². The lowest BCUT2D eigenvalue weighted by Crippen LogP contribution is -2.43. The molecule has 1 aliphatic heterocycles. The van der Waals surface area contributed by atoms with Crippen LogP contribution in [0.15, 0.2) is 23.1 Å². The molecule has 0 radical (unpaired) electrons. The lowest BCUT2D eigenvalue weighted by Gasteiger charge is -2.27. The third kappa shape index (κ3) is 4.51. The van der Waals surface area contributed by atoms with Crippen LogP contribution in [-0.4, -0.2) is 58.4 Å². The molecular formula is C15H22Cl2N2O3S. The Morgan fingerprint density at radius 3 is 2.57 bits per heavy atom. The molecule has 2 rings (SSSR count). The molecule has 1 unspecified atom stereocenters. The molecule has 130 valence electrons. The maximum Gasteiger partial charge on any atom is 0.206 e. The normalized spacial score (nSPS) is 18.8. The third-order valence-corrected chi connectivity index (χ3v) is 6.04. The fraction of sp³-hybridized carbons (Fsp3) is 0.600. The first-order chi connectivity index (χ1) is 11.0. The van der Waals surface area contributed by atoms with Crippen LogP contribution < -0.4 is 10.2 Å². The fourth-order valence-electron chi connectivity index (χ4n) is 2.56. The van der Waals surface area contributed by atoms with E-state index in [9.17, 15) is 8.42 Å². The fourth-order valence-corrected chi connectivity index (χ4v) is 4.41. The summed E-state index contributed by atoms with van der Waals surface area (Å²) in [4.78, 5) is 2.27. The molecule has 8 heteroatoms. The summed E-state index contributed by atoms with van der Waals surface area (Å²) in [5.41, 5.74) is 0.985. The van der Waals surface area contributed by atoms with Crippen molar-refractivity contribution in [2.24, 2.45) is 0 Å². The van der Waals surface area contributed by atoms with Gasteiger partial charge in [-0.1, -0.05) is 6.07 Å². The van der Waals surface area contributed by atoms with Gasteiger partial charge in [-0.2, -0.15) is 0 Å². The first-order valence-corrected chi connectivity index (χ1v) is 10.2. The van der Waals surface area contributed by atoms with Crippen molar-refractivity contribution in [1.82, 2.24) is 5.32 Å². The van der Waals surface area contributed by atoms with Gasteiger partial charge in [-0.05, 0) is 24.6 Å². The Hall–Kier alpha value is -0.530. The van der Waals surface area contributed by atoms with Gasteiger partial charge in [0.1, 0.15) is 0 Å². The number of benzene rings is 1. The van der Waals surface area contributed by atoms with Gasteiger partial charge in [-0.15, -0.1) is 23.2 Å². The zero-order valence-corrected chi connectivity index (χ0v) is 15.4. The number of halogens is 2. The van der Waals surface area contributed by atoms with Crippen molar-refractivity contribution in [3.8, 4) is 0 Å². The van der Waals surface area contributed by atoms with Crippen LogP contribution in [0.1, 0.15) is 5.56 Å². The minimum Gasteiger partial charge on any atom is -0.369 e. The second-order valence-corrected chi connectivity index (χ2v) is 8.21. The number of morpholine rings is 1. The Balaban J connectivity index is 2.34. The molecule has 0 aliphatic carbocycles. The van der Waals surface area contributed by atoms with Crippen molar-refractivity contribution in [3.63, 3.8) is 0 Å². The maximum atomic E-state index is 12.8. The summed E-state index contributed by atoms with van der Waals surface area (Å²) in [5.74, 6) is 0.895. The van der Waals surface area contributed by atoms with Crippen molar-refractivity contribution in [3.05, 3.63) is 23.8 Å². The summed E-state index contributed by atoms with van der Waals surface area (Å²) in [6.07, 6.45) is 0. The van der Waals surface area contributed by atoms with E-state index in [4.69, 9.17) is 27.9 Å². The average molecular weight is 381 g/mol. The Bertz CT molecular complexity index is 613. The van der Waals surface area contributed by atoms with Crippen molar-refractivity contribution in [1.29, 1.82) is 0 Å². The van der Waals surface area contributed by atoms with Gasteiger partial charge in [0.15, 0.2) is 5.44 Å². The first-order valence-electron chi connectivity index (χ1n) is 7.54. The van der Waals surface area contributed by atoms with E-state index in [1.807, 2.05) is 17.9 Å². The molecule has 1 aromatic carbocycles. The van der Waals surface area contributed by atoms with Gasteiger partial charge < -0.3 is 15.0 Å². The summed E-state index contributed by atoms with van der Waals surface area (Å²) < 4.78 is 30.9. The molecule has 1 atom stereocenters. The molecule has 0 saturated carbocycles. The van der Waals surface area contributed by atoms with Crippen LogP contribution in [0.4, 0.5) is 5.69 Å². The van der Waals surface area contributed by atoms with Crippen LogP contribution in [0, 0.1) is 6.92 Å². The van der Waals surface area contributed by atoms with Gasteiger partial charge in [-0.25, -0.2) is 8.42 Å². The standard InChI is InChI=1S/C15H22Cl2N2O3S/c1-12-2-3-13(10-14(12)19(7-4-16)8-5-17)23(20,21)15-11-18-6-9-22-15/h2-3,10,15,18H,4-9,11H2,1H3. The second-order valence-electron chi connectivity index (χ2n) is 5.36. The molecule has 1 N–H and O–H groups in total. The minimum absolute atomic E-state index is 0.265. The number of aryl methyl sites for hydroxylation is 1. The lowest BCUT2D eigenvalue weighted by molar-refractivity contribution is 0.0785. The van der Waals surface area contributed by atoms with Crippen LogP contribution >= 0.6 is 23.2 Å². The Labute approximate surface area is 147 Å². The molecule has 0 bridgehead atoms. The van der Waals surface area contributed by atoms with Gasteiger partial charge >= 0.3 is 0 Å². The van der Waals surface area contributed by atoms with E-state index in [-0.39, 0.29) is 4.90 Å².